The molecule has 0 saturated carbocycles. The van der Waals surface area contributed by atoms with Gasteiger partial charge in [0.2, 0.25) is 0 Å². The second kappa shape index (κ2) is 7.82. The third-order valence-electron chi connectivity index (χ3n) is 3.29. The first kappa shape index (κ1) is 21.1. The molecule has 0 radical (unpaired) electrons. The minimum atomic E-state index is -5.79. The van der Waals surface area contributed by atoms with Gasteiger partial charge in [-0.25, -0.2) is 0 Å². The molecule has 0 atom stereocenters. The van der Waals surface area contributed by atoms with Crippen molar-refractivity contribution in [2.75, 3.05) is 7.11 Å². The lowest BCUT2D eigenvalue weighted by molar-refractivity contribution is -0.299. The zero-order chi connectivity index (χ0) is 21.1. The van der Waals surface area contributed by atoms with Gasteiger partial charge in [-0.15, -0.1) is 0 Å². The van der Waals surface area contributed by atoms with Crippen molar-refractivity contribution in [1.29, 1.82) is 0 Å². The van der Waals surface area contributed by atoms with Crippen molar-refractivity contribution in [3.8, 4) is 11.5 Å². The molecule has 0 aliphatic rings. The van der Waals surface area contributed by atoms with Gasteiger partial charge in [-0.2, -0.15) is 36.1 Å². The summed E-state index contributed by atoms with van der Waals surface area (Å²) in [5, 5.41) is 9.54. The smallest absolute Gasteiger partial charge is 0.434 e. The Balaban J connectivity index is 2.54. The number of methoxy groups -OCH3 is 1. The van der Waals surface area contributed by atoms with Gasteiger partial charge in [0.05, 0.1) is 12.7 Å². The number of alkyl halides is 6. The topological polar surface area (TPSA) is 73.0 Å². The van der Waals surface area contributed by atoms with Crippen LogP contribution in [0.25, 0.3) is 0 Å². The standard InChI is InChI=1S/C16H12F6N2O4/c1-27-9-5-6-10(13(25)23-12-4-2-3-7-24(12)26)11(8-9)28-14(15(17,18)19)16(20,21)22/h2-8,14,26H,1H3. The van der Waals surface area contributed by atoms with Crippen molar-refractivity contribution < 1.29 is 45.8 Å². The maximum atomic E-state index is 12.8. The number of halogens is 6. The molecule has 0 aliphatic carbocycles. The molecule has 0 saturated heterocycles. The van der Waals surface area contributed by atoms with Crippen LogP contribution < -0.4 is 15.0 Å². The van der Waals surface area contributed by atoms with E-state index in [-0.39, 0.29) is 11.2 Å². The van der Waals surface area contributed by atoms with Crippen LogP contribution in [0.4, 0.5) is 26.3 Å². The van der Waals surface area contributed by atoms with E-state index in [0.717, 1.165) is 25.4 Å². The number of benzene rings is 1. The summed E-state index contributed by atoms with van der Waals surface area (Å²) in [7, 11) is 1.12. The Labute approximate surface area is 153 Å². The second-order valence-corrected chi connectivity index (χ2v) is 5.26. The van der Waals surface area contributed by atoms with Crippen molar-refractivity contribution in [2.45, 2.75) is 18.5 Å². The maximum absolute atomic E-state index is 12.8. The van der Waals surface area contributed by atoms with Crippen molar-refractivity contribution >= 4 is 5.91 Å². The molecule has 0 unspecified atom stereocenters. The molecule has 12 heteroatoms. The van der Waals surface area contributed by atoms with Crippen LogP contribution >= 0.6 is 0 Å². The van der Waals surface area contributed by atoms with Gasteiger partial charge < -0.3 is 14.7 Å². The lowest BCUT2D eigenvalue weighted by atomic mass is 10.1. The lowest BCUT2D eigenvalue weighted by Crippen LogP contribution is -2.46. The van der Waals surface area contributed by atoms with Crippen molar-refractivity contribution in [1.82, 2.24) is 4.73 Å². The Kier molecular flexibility index (Phi) is 5.90. The Morgan fingerprint density at radius 1 is 1.11 bits per heavy atom. The monoisotopic (exact) mass is 410 g/mol. The van der Waals surface area contributed by atoms with Gasteiger partial charge in [-0.3, -0.25) is 4.79 Å². The minimum Gasteiger partial charge on any atom is -0.497 e. The number of aromatic nitrogens is 1. The molecule has 1 heterocycles. The van der Waals surface area contributed by atoms with E-state index in [1.807, 2.05) is 0 Å². The van der Waals surface area contributed by atoms with Crippen LogP contribution in [0.5, 0.6) is 11.5 Å². The number of rotatable bonds is 4. The summed E-state index contributed by atoms with van der Waals surface area (Å²) in [6.45, 7) is 0. The molecular weight excluding hydrogens is 398 g/mol. The first-order valence-electron chi connectivity index (χ1n) is 7.37. The van der Waals surface area contributed by atoms with E-state index in [9.17, 15) is 36.3 Å². The van der Waals surface area contributed by atoms with Crippen LogP contribution in [-0.2, 0) is 0 Å². The molecule has 6 nitrogen and oxygen atoms in total. The van der Waals surface area contributed by atoms with Gasteiger partial charge in [0.15, 0.2) is 5.49 Å². The van der Waals surface area contributed by atoms with Gasteiger partial charge >= 0.3 is 12.4 Å². The number of pyridine rings is 1. The average Bonchev–Trinajstić information content (AvgIpc) is 2.59. The third kappa shape index (κ3) is 4.96. The van der Waals surface area contributed by atoms with Gasteiger partial charge in [-0.05, 0) is 24.3 Å². The molecule has 1 N–H and O–H groups in total. The zero-order valence-electron chi connectivity index (χ0n) is 14.0. The van der Waals surface area contributed by atoms with E-state index >= 15 is 0 Å². The predicted molar refractivity (Wildman–Crippen MR) is 81.0 cm³/mol. The Morgan fingerprint density at radius 3 is 2.29 bits per heavy atom. The third-order valence-corrected chi connectivity index (χ3v) is 3.29. The quantitative estimate of drug-likeness (QED) is 0.620. The largest absolute Gasteiger partial charge is 0.497 e. The van der Waals surface area contributed by atoms with E-state index in [4.69, 9.17) is 4.74 Å². The number of nitrogens with zero attached hydrogens (tertiary/aromatic N) is 2. The molecule has 28 heavy (non-hydrogen) atoms. The average molecular weight is 410 g/mol. The number of carbonyl (C=O) groups excluding carboxylic acids is 1. The van der Waals surface area contributed by atoms with Crippen molar-refractivity contribution in [3.05, 3.63) is 53.6 Å². The predicted octanol–water partition coefficient (Wildman–Crippen LogP) is 3.35. The van der Waals surface area contributed by atoms with Crippen LogP contribution in [0, 0.1) is 0 Å². The SMILES string of the molecule is COc1ccc(C(=O)N=c2ccccn2O)c(OC(C(F)(F)F)C(F)(F)F)c1. The first-order chi connectivity index (χ1) is 12.9. The molecule has 1 amide bonds. The van der Waals surface area contributed by atoms with Crippen LogP contribution in [-0.4, -0.2) is 41.4 Å². The van der Waals surface area contributed by atoms with Gasteiger partial charge in [-0.1, -0.05) is 6.07 Å². The van der Waals surface area contributed by atoms with E-state index in [2.05, 4.69) is 9.73 Å². The number of hydrogen-bond donors (Lipinski definition) is 1. The summed E-state index contributed by atoms with van der Waals surface area (Å²) in [6.07, 6.45) is -14.6. The Morgan fingerprint density at radius 2 is 1.75 bits per heavy atom. The second-order valence-electron chi connectivity index (χ2n) is 5.26. The number of hydrogen-bond acceptors (Lipinski definition) is 4. The maximum Gasteiger partial charge on any atom is 0.434 e. The molecule has 2 rings (SSSR count). The molecular formula is C16H12F6N2O4. The Hall–Kier alpha value is -3.18. The highest BCUT2D eigenvalue weighted by molar-refractivity contribution is 5.97. The lowest BCUT2D eigenvalue weighted by Gasteiger charge is -2.24. The van der Waals surface area contributed by atoms with E-state index in [1.54, 1.807) is 0 Å². The van der Waals surface area contributed by atoms with Crippen molar-refractivity contribution in [3.63, 3.8) is 0 Å². The number of amides is 1. The summed E-state index contributed by atoms with van der Waals surface area (Å²) in [4.78, 5) is 15.8. The minimum absolute atomic E-state index is 0.147. The molecule has 1 aromatic heterocycles. The van der Waals surface area contributed by atoms with E-state index in [1.165, 1.54) is 18.2 Å². The molecule has 1 aromatic carbocycles. The highest BCUT2D eigenvalue weighted by Gasteiger charge is 2.59. The molecule has 152 valence electrons. The highest BCUT2D eigenvalue weighted by atomic mass is 19.4. The van der Waals surface area contributed by atoms with Gasteiger partial charge in [0.25, 0.3) is 12.0 Å². The Bertz CT molecular complexity index is 906. The van der Waals surface area contributed by atoms with E-state index in [0.29, 0.717) is 10.8 Å². The normalized spacial score (nSPS) is 12.9. The summed E-state index contributed by atoms with van der Waals surface area (Å²) in [5.41, 5.74) is -0.999. The van der Waals surface area contributed by atoms with Crippen LogP contribution in [0.3, 0.4) is 0 Å². The fraction of sp³-hybridized carbons (Fsp3) is 0.250. The summed E-state index contributed by atoms with van der Waals surface area (Å²) in [5.74, 6) is -2.42. The molecule has 0 aliphatic heterocycles. The number of carbonyl (C=O) groups is 1. The highest BCUT2D eigenvalue weighted by Crippen LogP contribution is 2.38. The zero-order valence-corrected chi connectivity index (χ0v) is 14.0. The van der Waals surface area contributed by atoms with Gasteiger partial charge in [0, 0.05) is 12.3 Å². The van der Waals surface area contributed by atoms with Crippen LogP contribution in [0.15, 0.2) is 47.6 Å². The number of ether oxygens (including phenoxy) is 2. The molecule has 2 aromatic rings. The fourth-order valence-corrected chi connectivity index (χ4v) is 2.03. The summed E-state index contributed by atoms with van der Waals surface area (Å²) < 4.78 is 86.1. The molecule has 0 fully saturated rings. The summed E-state index contributed by atoms with van der Waals surface area (Å²) in [6, 6.07) is 6.70. The van der Waals surface area contributed by atoms with E-state index < -0.39 is 35.7 Å². The molecule has 0 bridgehead atoms. The van der Waals surface area contributed by atoms with Gasteiger partial charge in [0.1, 0.15) is 11.5 Å². The van der Waals surface area contributed by atoms with Crippen molar-refractivity contribution in [2.24, 2.45) is 4.99 Å². The fourth-order valence-electron chi connectivity index (χ4n) is 2.03. The van der Waals surface area contributed by atoms with Crippen LogP contribution in [0.1, 0.15) is 10.4 Å². The molecule has 0 spiro atoms. The van der Waals surface area contributed by atoms with Crippen LogP contribution in [0.2, 0.25) is 0 Å². The first-order valence-corrected chi connectivity index (χ1v) is 7.37. The summed E-state index contributed by atoms with van der Waals surface area (Å²) >= 11 is 0.